The number of fused-ring (bicyclic) bond motifs is 1. The number of amides is 2. The lowest BCUT2D eigenvalue weighted by molar-refractivity contribution is -0.124. The van der Waals surface area contributed by atoms with Gasteiger partial charge < -0.3 is 21.7 Å². The van der Waals surface area contributed by atoms with E-state index >= 15 is 0 Å². The third-order valence-corrected chi connectivity index (χ3v) is 4.47. The Bertz CT molecular complexity index is 587. The molecule has 1 aromatic carbocycles. The second-order valence-electron chi connectivity index (χ2n) is 5.82. The van der Waals surface area contributed by atoms with E-state index in [1.807, 2.05) is 0 Å². The highest BCUT2D eigenvalue weighted by atomic mass is 16.2. The van der Waals surface area contributed by atoms with Crippen LogP contribution in [0, 0.1) is 5.92 Å². The lowest BCUT2D eigenvalue weighted by atomic mass is 9.84. The Hall–Kier alpha value is -2.24. The highest BCUT2D eigenvalue weighted by molar-refractivity contribution is 6.01. The largest absolute Gasteiger partial charge is 0.397 e. The van der Waals surface area contributed by atoms with Crippen molar-refractivity contribution in [2.45, 2.75) is 25.3 Å². The lowest BCUT2D eigenvalue weighted by Gasteiger charge is -2.43. The molecule has 112 valence electrons. The zero-order valence-electron chi connectivity index (χ0n) is 11.8. The minimum atomic E-state index is -0.462. The van der Waals surface area contributed by atoms with Gasteiger partial charge in [-0.3, -0.25) is 9.59 Å². The molecule has 6 heteroatoms. The SMILES string of the molecule is NC(=O)c1cccc(N)c1N1CCC2NC(=O)CCC2C1. The average Bonchev–Trinajstić information content (AvgIpc) is 2.46. The molecule has 2 atom stereocenters. The smallest absolute Gasteiger partial charge is 0.250 e. The Morgan fingerprint density at radius 1 is 1.33 bits per heavy atom. The fraction of sp³-hybridized carbons (Fsp3) is 0.467. The number of anilines is 2. The summed E-state index contributed by atoms with van der Waals surface area (Å²) in [6, 6.07) is 5.48. The maximum atomic E-state index is 11.6. The molecule has 2 unspecified atom stereocenters. The Labute approximate surface area is 123 Å². The van der Waals surface area contributed by atoms with Crippen molar-refractivity contribution in [3.8, 4) is 0 Å². The van der Waals surface area contributed by atoms with E-state index in [4.69, 9.17) is 11.5 Å². The molecule has 2 amide bonds. The number of nitrogen functional groups attached to an aromatic ring is 1. The number of benzene rings is 1. The number of carbonyl (C=O) groups excluding carboxylic acids is 2. The van der Waals surface area contributed by atoms with Crippen LogP contribution in [0.3, 0.4) is 0 Å². The van der Waals surface area contributed by atoms with Gasteiger partial charge in [-0.15, -0.1) is 0 Å². The van der Waals surface area contributed by atoms with Gasteiger partial charge in [-0.1, -0.05) is 6.07 Å². The standard InChI is InChI=1S/C15H20N4O2/c16-11-3-1-2-10(15(17)21)14(11)19-7-6-12-9(8-19)4-5-13(20)18-12/h1-3,9,12H,4-8,16H2,(H2,17,21)(H,18,20). The molecule has 0 aromatic heterocycles. The zero-order chi connectivity index (χ0) is 15.0. The van der Waals surface area contributed by atoms with Gasteiger partial charge in [-0.25, -0.2) is 0 Å². The van der Waals surface area contributed by atoms with Gasteiger partial charge in [0.25, 0.3) is 5.91 Å². The van der Waals surface area contributed by atoms with Crippen LogP contribution in [0.1, 0.15) is 29.6 Å². The molecule has 0 bridgehead atoms. The molecule has 2 heterocycles. The molecule has 2 aliphatic heterocycles. The molecule has 2 fully saturated rings. The van der Waals surface area contributed by atoms with Crippen LogP contribution in [0.4, 0.5) is 11.4 Å². The van der Waals surface area contributed by atoms with Gasteiger partial charge in [0.1, 0.15) is 0 Å². The molecule has 0 radical (unpaired) electrons. The van der Waals surface area contributed by atoms with Crippen LogP contribution < -0.4 is 21.7 Å². The normalized spacial score (nSPS) is 25.1. The number of piperidine rings is 2. The zero-order valence-corrected chi connectivity index (χ0v) is 11.8. The lowest BCUT2D eigenvalue weighted by Crippen LogP contribution is -2.54. The first-order valence-corrected chi connectivity index (χ1v) is 7.29. The summed E-state index contributed by atoms with van der Waals surface area (Å²) in [5, 5.41) is 3.05. The van der Waals surface area contributed by atoms with E-state index in [0.717, 1.165) is 31.6 Å². The second kappa shape index (κ2) is 5.27. The number of rotatable bonds is 2. The number of hydrogen-bond donors (Lipinski definition) is 3. The molecule has 2 aliphatic rings. The molecule has 0 spiro atoms. The third-order valence-electron chi connectivity index (χ3n) is 4.47. The van der Waals surface area contributed by atoms with Crippen molar-refractivity contribution in [2.75, 3.05) is 23.7 Å². The maximum Gasteiger partial charge on any atom is 0.250 e. The Kier molecular flexibility index (Phi) is 3.45. The molecular formula is C15H20N4O2. The molecule has 21 heavy (non-hydrogen) atoms. The Morgan fingerprint density at radius 2 is 2.14 bits per heavy atom. The van der Waals surface area contributed by atoms with Crippen molar-refractivity contribution in [3.63, 3.8) is 0 Å². The van der Waals surface area contributed by atoms with E-state index in [0.29, 0.717) is 23.6 Å². The summed E-state index contributed by atoms with van der Waals surface area (Å²) >= 11 is 0. The highest BCUT2D eigenvalue weighted by Gasteiger charge is 2.35. The van der Waals surface area contributed by atoms with Crippen molar-refractivity contribution in [2.24, 2.45) is 11.7 Å². The van der Waals surface area contributed by atoms with Crippen LogP contribution in [0.25, 0.3) is 0 Å². The van der Waals surface area contributed by atoms with E-state index in [1.165, 1.54) is 0 Å². The maximum absolute atomic E-state index is 11.6. The Balaban J connectivity index is 1.86. The molecule has 5 N–H and O–H groups in total. The number of nitrogens with one attached hydrogen (secondary N) is 1. The first-order valence-electron chi connectivity index (χ1n) is 7.29. The summed E-state index contributed by atoms with van der Waals surface area (Å²) in [6.45, 7) is 1.55. The number of para-hydroxylation sites is 1. The predicted octanol–water partition coefficient (Wildman–Crippen LogP) is 0.473. The quantitative estimate of drug-likeness (QED) is 0.689. The van der Waals surface area contributed by atoms with E-state index < -0.39 is 5.91 Å². The number of nitrogens with zero attached hydrogens (tertiary/aromatic N) is 1. The first-order chi connectivity index (χ1) is 10.1. The molecule has 6 nitrogen and oxygen atoms in total. The minimum Gasteiger partial charge on any atom is -0.397 e. The number of carbonyl (C=O) groups is 2. The van der Waals surface area contributed by atoms with E-state index in [2.05, 4.69) is 10.2 Å². The van der Waals surface area contributed by atoms with Gasteiger partial charge in [0, 0.05) is 25.6 Å². The molecule has 0 saturated carbocycles. The second-order valence-corrected chi connectivity index (χ2v) is 5.82. The van der Waals surface area contributed by atoms with Crippen molar-refractivity contribution >= 4 is 23.2 Å². The van der Waals surface area contributed by atoms with Crippen LogP contribution in [0.15, 0.2) is 18.2 Å². The van der Waals surface area contributed by atoms with Gasteiger partial charge in [0.05, 0.1) is 16.9 Å². The van der Waals surface area contributed by atoms with Crippen molar-refractivity contribution in [1.82, 2.24) is 5.32 Å². The molecule has 1 aromatic rings. The first kappa shape index (κ1) is 13.7. The number of primary amides is 1. The summed E-state index contributed by atoms with van der Waals surface area (Å²) < 4.78 is 0. The average molecular weight is 288 g/mol. The summed E-state index contributed by atoms with van der Waals surface area (Å²) in [4.78, 5) is 25.2. The summed E-state index contributed by atoms with van der Waals surface area (Å²) in [5.74, 6) is 0.0786. The molecule has 2 saturated heterocycles. The topological polar surface area (TPSA) is 101 Å². The van der Waals surface area contributed by atoms with Crippen LogP contribution in [0.5, 0.6) is 0 Å². The van der Waals surface area contributed by atoms with Crippen LogP contribution in [0.2, 0.25) is 0 Å². The van der Waals surface area contributed by atoms with Gasteiger partial charge in [0.15, 0.2) is 0 Å². The summed E-state index contributed by atoms with van der Waals surface area (Å²) in [7, 11) is 0. The van der Waals surface area contributed by atoms with E-state index in [9.17, 15) is 9.59 Å². The monoisotopic (exact) mass is 288 g/mol. The van der Waals surface area contributed by atoms with Gasteiger partial charge in [-0.05, 0) is 30.9 Å². The molecule has 3 rings (SSSR count). The van der Waals surface area contributed by atoms with Gasteiger partial charge in [-0.2, -0.15) is 0 Å². The van der Waals surface area contributed by atoms with E-state index in [-0.39, 0.29) is 11.9 Å². The number of hydrogen-bond acceptors (Lipinski definition) is 4. The minimum absolute atomic E-state index is 0.141. The number of nitrogens with two attached hydrogens (primary N) is 2. The van der Waals surface area contributed by atoms with Crippen LogP contribution >= 0.6 is 0 Å². The summed E-state index contributed by atoms with van der Waals surface area (Å²) in [6.07, 6.45) is 2.32. The van der Waals surface area contributed by atoms with Gasteiger partial charge in [0.2, 0.25) is 5.91 Å². The third kappa shape index (κ3) is 2.53. The van der Waals surface area contributed by atoms with E-state index in [1.54, 1.807) is 18.2 Å². The van der Waals surface area contributed by atoms with Gasteiger partial charge >= 0.3 is 0 Å². The van der Waals surface area contributed by atoms with Crippen molar-refractivity contribution in [1.29, 1.82) is 0 Å². The van der Waals surface area contributed by atoms with Crippen LogP contribution in [-0.4, -0.2) is 30.9 Å². The van der Waals surface area contributed by atoms with Crippen molar-refractivity contribution < 1.29 is 9.59 Å². The molecule has 0 aliphatic carbocycles. The summed E-state index contributed by atoms with van der Waals surface area (Å²) in [5.41, 5.74) is 13.3. The fourth-order valence-corrected chi connectivity index (χ4v) is 3.43. The highest BCUT2D eigenvalue weighted by Crippen LogP contribution is 2.33. The fourth-order valence-electron chi connectivity index (χ4n) is 3.43. The molecular weight excluding hydrogens is 268 g/mol. The van der Waals surface area contributed by atoms with Crippen molar-refractivity contribution in [3.05, 3.63) is 23.8 Å². The van der Waals surface area contributed by atoms with Crippen LogP contribution in [-0.2, 0) is 4.79 Å². The Morgan fingerprint density at radius 3 is 2.90 bits per heavy atom. The predicted molar refractivity (Wildman–Crippen MR) is 80.9 cm³/mol.